The number of hydrogen-bond acceptors (Lipinski definition) is 1. The Balaban J connectivity index is 1.59. The monoisotopic (exact) mass is 370 g/mol. The fourth-order valence-corrected chi connectivity index (χ4v) is 4.82. The van der Waals surface area contributed by atoms with E-state index in [-0.39, 0.29) is 11.7 Å². The molecule has 0 radical (unpaired) electrons. The number of halogens is 3. The Morgan fingerprint density at radius 1 is 0.962 bits per heavy atom. The first-order chi connectivity index (χ1) is 13.2. The van der Waals surface area contributed by atoms with Gasteiger partial charge in [0.15, 0.2) is 0 Å². The summed E-state index contributed by atoms with van der Waals surface area (Å²) >= 11 is 0. The molecule has 2 atom stereocenters. The molecule has 0 N–H and O–H groups in total. The smallest absolute Gasteiger partial charge is 0.406 e. The summed E-state index contributed by atoms with van der Waals surface area (Å²) in [5, 5.41) is 0. The minimum atomic E-state index is -4.70. The van der Waals surface area contributed by atoms with Gasteiger partial charge in [0, 0.05) is 2.74 Å². The van der Waals surface area contributed by atoms with Gasteiger partial charge in [-0.2, -0.15) is 0 Å². The zero-order valence-corrected chi connectivity index (χ0v) is 15.5. The largest absolute Gasteiger partial charge is 0.573 e. The second-order valence-corrected chi connectivity index (χ2v) is 7.98. The zero-order chi connectivity index (χ0) is 20.4. The highest BCUT2D eigenvalue weighted by atomic mass is 19.4. The molecule has 0 amide bonds. The van der Waals surface area contributed by atoms with Gasteiger partial charge in [-0.3, -0.25) is 0 Å². The van der Waals surface area contributed by atoms with Crippen molar-refractivity contribution < 1.29 is 20.6 Å². The van der Waals surface area contributed by atoms with Crippen LogP contribution in [0.5, 0.6) is 5.75 Å². The molecule has 4 heteroatoms. The minimum absolute atomic E-state index is 0.255. The molecule has 0 saturated heterocycles. The Morgan fingerprint density at radius 2 is 1.58 bits per heavy atom. The maximum absolute atomic E-state index is 12.3. The summed E-state index contributed by atoms with van der Waals surface area (Å²) < 4.78 is 58.2. The van der Waals surface area contributed by atoms with E-state index in [2.05, 4.69) is 11.7 Å². The third kappa shape index (κ3) is 5.40. The van der Waals surface area contributed by atoms with Crippen molar-refractivity contribution in [3.8, 4) is 5.75 Å². The maximum atomic E-state index is 12.3. The average molecular weight is 370 g/mol. The Morgan fingerprint density at radius 3 is 2.15 bits per heavy atom. The van der Waals surface area contributed by atoms with E-state index in [0.29, 0.717) is 18.3 Å². The molecule has 0 aromatic heterocycles. The fourth-order valence-electron chi connectivity index (χ4n) is 4.82. The zero-order valence-electron chi connectivity index (χ0n) is 17.5. The molecule has 2 fully saturated rings. The quantitative estimate of drug-likeness (QED) is 0.522. The van der Waals surface area contributed by atoms with Crippen LogP contribution in [0, 0.1) is 17.8 Å². The van der Waals surface area contributed by atoms with Crippen LogP contribution in [-0.2, 0) is 0 Å². The standard InChI is InChI=1S/C22H31F3O/c1-2-3-16-4-6-17(7-5-16)18-8-10-19(11-9-18)20-12-14-21(15-13-20)26-22(23,24)25/h12-19H,2-11H2,1H3/i10D2. The Hall–Kier alpha value is -1.19. The van der Waals surface area contributed by atoms with E-state index in [0.717, 1.165) is 24.3 Å². The Labute approximate surface area is 158 Å². The molecular formula is C22H31F3O. The first kappa shape index (κ1) is 16.9. The van der Waals surface area contributed by atoms with Crippen LogP contribution >= 0.6 is 0 Å². The fraction of sp³-hybridized carbons (Fsp3) is 0.727. The molecule has 0 spiro atoms. The van der Waals surface area contributed by atoms with Gasteiger partial charge in [0.2, 0.25) is 0 Å². The lowest BCUT2D eigenvalue weighted by molar-refractivity contribution is -0.274. The van der Waals surface area contributed by atoms with Crippen molar-refractivity contribution in [2.24, 2.45) is 17.8 Å². The summed E-state index contributed by atoms with van der Waals surface area (Å²) in [7, 11) is 0. The lowest BCUT2D eigenvalue weighted by Gasteiger charge is -2.38. The van der Waals surface area contributed by atoms with Gasteiger partial charge in [0.1, 0.15) is 5.75 Å². The highest BCUT2D eigenvalue weighted by molar-refractivity contribution is 5.29. The van der Waals surface area contributed by atoms with E-state index in [4.69, 9.17) is 2.74 Å². The lowest BCUT2D eigenvalue weighted by Crippen LogP contribution is -2.25. The van der Waals surface area contributed by atoms with Crippen molar-refractivity contribution in [2.45, 2.75) is 83.4 Å². The van der Waals surface area contributed by atoms with E-state index >= 15 is 0 Å². The Bertz CT molecular complexity index is 622. The van der Waals surface area contributed by atoms with E-state index in [1.54, 1.807) is 12.1 Å². The minimum Gasteiger partial charge on any atom is -0.406 e. The number of benzene rings is 1. The van der Waals surface area contributed by atoms with Gasteiger partial charge >= 0.3 is 6.36 Å². The normalized spacial score (nSPS) is 33.2. The van der Waals surface area contributed by atoms with Crippen LogP contribution < -0.4 is 4.74 Å². The van der Waals surface area contributed by atoms with Gasteiger partial charge in [-0.25, -0.2) is 0 Å². The highest BCUT2D eigenvalue weighted by Crippen LogP contribution is 2.44. The molecule has 2 aliphatic carbocycles. The van der Waals surface area contributed by atoms with Crippen molar-refractivity contribution in [3.05, 3.63) is 29.8 Å². The summed E-state index contributed by atoms with van der Waals surface area (Å²) in [6.45, 7) is 2.24. The third-order valence-corrected chi connectivity index (χ3v) is 6.22. The second kappa shape index (κ2) is 8.67. The highest BCUT2D eigenvalue weighted by Gasteiger charge is 2.32. The van der Waals surface area contributed by atoms with Crippen LogP contribution in [0.15, 0.2) is 24.3 Å². The number of rotatable bonds is 5. The summed E-state index contributed by atoms with van der Waals surface area (Å²) in [4.78, 5) is 0. The maximum Gasteiger partial charge on any atom is 0.573 e. The van der Waals surface area contributed by atoms with Crippen LogP contribution in [0.3, 0.4) is 0 Å². The summed E-state index contributed by atoms with van der Waals surface area (Å²) in [5.74, 6) is 1.40. The lowest BCUT2D eigenvalue weighted by atomic mass is 9.68. The van der Waals surface area contributed by atoms with Crippen LogP contribution in [0.4, 0.5) is 13.2 Å². The summed E-state index contributed by atoms with van der Waals surface area (Å²) in [5.41, 5.74) is 0.768. The molecule has 0 heterocycles. The molecule has 146 valence electrons. The van der Waals surface area contributed by atoms with Crippen LogP contribution in [0.25, 0.3) is 0 Å². The average Bonchev–Trinajstić information content (AvgIpc) is 2.61. The van der Waals surface area contributed by atoms with Gasteiger partial charge in [-0.15, -0.1) is 13.2 Å². The van der Waals surface area contributed by atoms with E-state index < -0.39 is 12.7 Å². The predicted molar refractivity (Wildman–Crippen MR) is 98.2 cm³/mol. The van der Waals surface area contributed by atoms with Crippen LogP contribution in [-0.4, -0.2) is 6.36 Å². The van der Waals surface area contributed by atoms with E-state index in [9.17, 15) is 13.2 Å². The van der Waals surface area contributed by atoms with Crippen molar-refractivity contribution in [1.29, 1.82) is 0 Å². The first-order valence-corrected chi connectivity index (χ1v) is 10.0. The molecule has 3 rings (SSSR count). The molecule has 2 unspecified atom stereocenters. The molecule has 1 aromatic rings. The molecule has 0 aliphatic heterocycles. The topological polar surface area (TPSA) is 9.23 Å². The predicted octanol–water partition coefficient (Wildman–Crippen LogP) is 7.47. The van der Waals surface area contributed by atoms with Gasteiger partial charge in [0.25, 0.3) is 0 Å². The second-order valence-electron chi connectivity index (χ2n) is 7.98. The van der Waals surface area contributed by atoms with Gasteiger partial charge in [-0.1, -0.05) is 44.7 Å². The van der Waals surface area contributed by atoms with E-state index in [1.807, 2.05) is 0 Å². The van der Waals surface area contributed by atoms with E-state index in [1.165, 1.54) is 50.7 Å². The van der Waals surface area contributed by atoms with Crippen molar-refractivity contribution in [3.63, 3.8) is 0 Å². The summed E-state index contributed by atoms with van der Waals surface area (Å²) in [6, 6.07) is 5.75. The van der Waals surface area contributed by atoms with Crippen molar-refractivity contribution >= 4 is 0 Å². The first-order valence-electron chi connectivity index (χ1n) is 11.0. The molecular weight excluding hydrogens is 337 g/mol. The molecule has 1 nitrogen and oxygen atoms in total. The Kier molecular flexibility index (Phi) is 5.65. The van der Waals surface area contributed by atoms with Crippen molar-refractivity contribution in [1.82, 2.24) is 0 Å². The number of ether oxygens (including phenoxy) is 1. The van der Waals surface area contributed by atoms with Gasteiger partial charge in [-0.05, 0) is 79.8 Å². The van der Waals surface area contributed by atoms with Crippen LogP contribution in [0.1, 0.15) is 85.3 Å². The van der Waals surface area contributed by atoms with Crippen molar-refractivity contribution in [2.75, 3.05) is 0 Å². The molecule has 0 bridgehead atoms. The van der Waals surface area contributed by atoms with Crippen LogP contribution in [0.2, 0.25) is 0 Å². The number of hydrogen-bond donors (Lipinski definition) is 0. The molecule has 1 aromatic carbocycles. The van der Waals surface area contributed by atoms with Gasteiger partial charge < -0.3 is 4.74 Å². The van der Waals surface area contributed by atoms with Gasteiger partial charge in [0.05, 0.1) is 0 Å². The molecule has 2 aliphatic rings. The number of alkyl halides is 3. The third-order valence-electron chi connectivity index (χ3n) is 6.22. The summed E-state index contributed by atoms with van der Waals surface area (Å²) in [6.07, 6.45) is 3.86. The molecule has 26 heavy (non-hydrogen) atoms. The molecule has 2 saturated carbocycles. The SMILES string of the molecule is [2H]C1([2H])CC(C2CCC(CCC)CC2)CCC1c1ccc(OC(F)(F)F)cc1.